The average molecular weight is 283 g/mol. The topological polar surface area (TPSA) is 91.2 Å². The van der Waals surface area contributed by atoms with Crippen LogP contribution in [0.1, 0.15) is 10.4 Å². The van der Waals surface area contributed by atoms with Crippen molar-refractivity contribution in [1.29, 1.82) is 0 Å². The lowest BCUT2D eigenvalue weighted by Gasteiger charge is -2.00. The highest BCUT2D eigenvalue weighted by atomic mass is 16.6. The van der Waals surface area contributed by atoms with Gasteiger partial charge in [-0.15, -0.1) is 0 Å². The number of nitrogens with zero attached hydrogens (tertiary/aromatic N) is 3. The molecule has 0 fully saturated rings. The van der Waals surface area contributed by atoms with Crippen molar-refractivity contribution in [1.82, 2.24) is 9.78 Å². The first-order chi connectivity index (χ1) is 10.2. The molecule has 21 heavy (non-hydrogen) atoms. The molecular formula is C14H9N3O4. The predicted octanol–water partition coefficient (Wildman–Crippen LogP) is 2.85. The molecule has 0 atom stereocenters. The summed E-state index contributed by atoms with van der Waals surface area (Å²) >= 11 is 0. The van der Waals surface area contributed by atoms with Gasteiger partial charge in [0.2, 0.25) is 0 Å². The molecule has 0 aliphatic heterocycles. The number of aromatic nitrogens is 2. The van der Waals surface area contributed by atoms with Crippen molar-refractivity contribution in [3.63, 3.8) is 0 Å². The third-order valence-corrected chi connectivity index (χ3v) is 2.93. The van der Waals surface area contributed by atoms with Crippen molar-refractivity contribution in [2.75, 3.05) is 0 Å². The van der Waals surface area contributed by atoms with Crippen molar-refractivity contribution in [3.8, 4) is 17.1 Å². The molecule has 0 radical (unpaired) electrons. The van der Waals surface area contributed by atoms with Crippen LogP contribution in [0.3, 0.4) is 0 Å². The Kier molecular flexibility index (Phi) is 3.07. The van der Waals surface area contributed by atoms with Crippen LogP contribution in [0.25, 0.3) is 17.1 Å². The van der Waals surface area contributed by atoms with Crippen LogP contribution in [-0.4, -0.2) is 21.0 Å². The summed E-state index contributed by atoms with van der Waals surface area (Å²) in [5.74, 6) is 0.460. The second-order valence-corrected chi connectivity index (χ2v) is 4.25. The molecule has 2 aromatic heterocycles. The van der Waals surface area contributed by atoms with Crippen LogP contribution in [0.5, 0.6) is 0 Å². The smallest absolute Gasteiger partial charge is 0.271 e. The molecule has 0 saturated carbocycles. The zero-order valence-corrected chi connectivity index (χ0v) is 10.7. The third kappa shape index (κ3) is 2.32. The fraction of sp³-hybridized carbons (Fsp3) is 0. The molecule has 1 aromatic carbocycles. The molecule has 104 valence electrons. The Labute approximate surface area is 118 Å². The highest BCUT2D eigenvalue weighted by Gasteiger charge is 2.15. The van der Waals surface area contributed by atoms with Crippen molar-refractivity contribution in [3.05, 3.63) is 64.5 Å². The number of carbonyl (C=O) groups excluding carboxylic acids is 1. The van der Waals surface area contributed by atoms with Gasteiger partial charge >= 0.3 is 0 Å². The van der Waals surface area contributed by atoms with Crippen molar-refractivity contribution in [2.24, 2.45) is 0 Å². The SMILES string of the molecule is O=Cc1cn(-c2cccc([N+](=O)[O-])c2)nc1-c1ccco1. The number of nitro benzene ring substituents is 1. The first kappa shape index (κ1) is 12.8. The monoisotopic (exact) mass is 283 g/mol. The van der Waals surface area contributed by atoms with E-state index in [1.165, 1.54) is 29.3 Å². The first-order valence-electron chi connectivity index (χ1n) is 6.02. The molecule has 0 amide bonds. The van der Waals surface area contributed by atoms with Crippen LogP contribution in [0, 0.1) is 10.1 Å². The number of nitro groups is 1. The lowest BCUT2D eigenvalue weighted by molar-refractivity contribution is -0.384. The minimum absolute atomic E-state index is 0.0461. The normalized spacial score (nSPS) is 10.5. The lowest BCUT2D eigenvalue weighted by atomic mass is 10.2. The molecule has 0 bridgehead atoms. The molecule has 0 spiro atoms. The number of non-ortho nitro benzene ring substituents is 1. The first-order valence-corrected chi connectivity index (χ1v) is 6.02. The third-order valence-electron chi connectivity index (χ3n) is 2.93. The maximum absolute atomic E-state index is 11.1. The zero-order chi connectivity index (χ0) is 14.8. The van der Waals surface area contributed by atoms with Gasteiger partial charge in [-0.05, 0) is 18.2 Å². The average Bonchev–Trinajstić information content (AvgIpc) is 3.16. The molecular weight excluding hydrogens is 274 g/mol. The van der Waals surface area contributed by atoms with E-state index in [1.807, 2.05) is 0 Å². The number of hydrogen-bond donors (Lipinski definition) is 0. The molecule has 0 saturated heterocycles. The Bertz CT molecular complexity index is 806. The summed E-state index contributed by atoms with van der Waals surface area (Å²) < 4.78 is 6.64. The summed E-state index contributed by atoms with van der Waals surface area (Å²) in [5, 5.41) is 15.1. The number of furan rings is 1. The van der Waals surface area contributed by atoms with Gasteiger partial charge < -0.3 is 4.42 Å². The van der Waals surface area contributed by atoms with Gasteiger partial charge in [0.1, 0.15) is 5.69 Å². The van der Waals surface area contributed by atoms with Gasteiger partial charge in [-0.2, -0.15) is 5.10 Å². The van der Waals surface area contributed by atoms with Crippen LogP contribution in [0.2, 0.25) is 0 Å². The summed E-state index contributed by atoms with van der Waals surface area (Å²) in [4.78, 5) is 21.5. The van der Waals surface area contributed by atoms with E-state index in [0.717, 1.165) is 0 Å². The summed E-state index contributed by atoms with van der Waals surface area (Å²) in [6.45, 7) is 0. The van der Waals surface area contributed by atoms with E-state index < -0.39 is 4.92 Å². The fourth-order valence-electron chi connectivity index (χ4n) is 1.96. The fourth-order valence-corrected chi connectivity index (χ4v) is 1.96. The van der Waals surface area contributed by atoms with E-state index >= 15 is 0 Å². The van der Waals surface area contributed by atoms with Gasteiger partial charge in [-0.25, -0.2) is 4.68 Å². The Hall–Kier alpha value is -3.22. The lowest BCUT2D eigenvalue weighted by Crippen LogP contribution is -1.96. The van der Waals surface area contributed by atoms with Crippen LogP contribution in [0.4, 0.5) is 5.69 Å². The molecule has 0 aliphatic rings. The second kappa shape index (κ2) is 5.04. The van der Waals surface area contributed by atoms with Crippen molar-refractivity contribution >= 4 is 12.0 Å². The Balaban J connectivity index is 2.10. The quantitative estimate of drug-likeness (QED) is 0.417. The van der Waals surface area contributed by atoms with Crippen molar-refractivity contribution in [2.45, 2.75) is 0 Å². The summed E-state index contributed by atoms with van der Waals surface area (Å²) in [7, 11) is 0. The standard InChI is InChI=1S/C14H9N3O4/c18-9-10-8-16(15-14(10)13-5-2-6-21-13)11-3-1-4-12(7-11)17(19)20/h1-9H. The van der Waals surface area contributed by atoms with E-state index in [4.69, 9.17) is 4.42 Å². The van der Waals surface area contributed by atoms with E-state index in [9.17, 15) is 14.9 Å². The molecule has 3 rings (SSSR count). The molecule has 7 nitrogen and oxygen atoms in total. The number of carbonyl (C=O) groups is 1. The highest BCUT2D eigenvalue weighted by molar-refractivity contribution is 5.84. The summed E-state index contributed by atoms with van der Waals surface area (Å²) in [5.41, 5.74) is 1.18. The largest absolute Gasteiger partial charge is 0.463 e. The number of hydrogen-bond acceptors (Lipinski definition) is 5. The minimum atomic E-state index is -0.485. The van der Waals surface area contributed by atoms with E-state index in [-0.39, 0.29) is 5.69 Å². The number of benzene rings is 1. The predicted molar refractivity (Wildman–Crippen MR) is 73.3 cm³/mol. The van der Waals surface area contributed by atoms with E-state index in [0.29, 0.717) is 29.0 Å². The maximum Gasteiger partial charge on any atom is 0.271 e. The molecule has 0 unspecified atom stereocenters. The molecule has 7 heteroatoms. The van der Waals surface area contributed by atoms with Crippen LogP contribution >= 0.6 is 0 Å². The summed E-state index contributed by atoms with van der Waals surface area (Å²) in [6.07, 6.45) is 3.65. The van der Waals surface area contributed by atoms with Crippen molar-refractivity contribution < 1.29 is 14.1 Å². The maximum atomic E-state index is 11.1. The van der Waals surface area contributed by atoms with E-state index in [2.05, 4.69) is 5.10 Å². The number of rotatable bonds is 4. The van der Waals surface area contributed by atoms with Crippen LogP contribution in [0.15, 0.2) is 53.3 Å². The van der Waals surface area contributed by atoms with Gasteiger partial charge in [0, 0.05) is 18.3 Å². The van der Waals surface area contributed by atoms with Gasteiger partial charge in [-0.1, -0.05) is 6.07 Å². The van der Waals surface area contributed by atoms with Crippen LogP contribution < -0.4 is 0 Å². The van der Waals surface area contributed by atoms with Gasteiger partial charge in [0.25, 0.3) is 5.69 Å². The molecule has 0 aliphatic carbocycles. The van der Waals surface area contributed by atoms with Gasteiger partial charge in [0.05, 0.1) is 22.4 Å². The highest BCUT2D eigenvalue weighted by Crippen LogP contribution is 2.24. The molecule has 2 heterocycles. The summed E-state index contributed by atoms with van der Waals surface area (Å²) in [6, 6.07) is 9.38. The molecule has 3 aromatic rings. The van der Waals surface area contributed by atoms with E-state index in [1.54, 1.807) is 24.3 Å². The Morgan fingerprint density at radius 1 is 1.29 bits per heavy atom. The zero-order valence-electron chi connectivity index (χ0n) is 10.7. The Morgan fingerprint density at radius 2 is 2.14 bits per heavy atom. The molecule has 0 N–H and O–H groups in total. The Morgan fingerprint density at radius 3 is 2.81 bits per heavy atom. The van der Waals surface area contributed by atoms with Gasteiger partial charge in [-0.3, -0.25) is 14.9 Å². The number of aldehydes is 1. The van der Waals surface area contributed by atoms with Crippen LogP contribution in [-0.2, 0) is 0 Å². The minimum Gasteiger partial charge on any atom is -0.463 e. The van der Waals surface area contributed by atoms with Gasteiger partial charge in [0.15, 0.2) is 12.0 Å². The second-order valence-electron chi connectivity index (χ2n) is 4.25.